The molecule has 0 aliphatic carbocycles. The lowest BCUT2D eigenvalue weighted by Crippen LogP contribution is -2.43. The average Bonchev–Trinajstić information content (AvgIpc) is 2.94. The van der Waals surface area contributed by atoms with Gasteiger partial charge in [0, 0.05) is 6.61 Å². The highest BCUT2D eigenvalue weighted by atomic mass is 16.5. The van der Waals surface area contributed by atoms with Crippen LogP contribution in [0.4, 0.5) is 10.5 Å². The monoisotopic (exact) mass is 253 g/mol. The molecular formula is C12H19N3O3. The van der Waals surface area contributed by atoms with Crippen LogP contribution in [-0.2, 0) is 4.74 Å². The van der Waals surface area contributed by atoms with Gasteiger partial charge in [0.25, 0.3) is 0 Å². The van der Waals surface area contributed by atoms with Crippen LogP contribution >= 0.6 is 0 Å². The van der Waals surface area contributed by atoms with Crippen LogP contribution in [0.2, 0.25) is 0 Å². The molecule has 2 atom stereocenters. The number of anilines is 1. The molecule has 6 nitrogen and oxygen atoms in total. The Hall–Kier alpha value is -1.56. The zero-order valence-corrected chi connectivity index (χ0v) is 10.9. The van der Waals surface area contributed by atoms with E-state index in [2.05, 4.69) is 15.8 Å². The van der Waals surface area contributed by atoms with E-state index in [0.717, 1.165) is 19.4 Å². The fraction of sp³-hybridized carbons (Fsp3) is 0.667. The molecular weight excluding hydrogens is 234 g/mol. The smallest absolute Gasteiger partial charge is 0.319 e. The second kappa shape index (κ2) is 5.39. The third-order valence-electron chi connectivity index (χ3n) is 3.15. The quantitative estimate of drug-likeness (QED) is 0.863. The molecule has 1 fully saturated rings. The van der Waals surface area contributed by atoms with Gasteiger partial charge in [-0.05, 0) is 33.6 Å². The van der Waals surface area contributed by atoms with Crippen molar-refractivity contribution in [2.24, 2.45) is 0 Å². The van der Waals surface area contributed by atoms with Gasteiger partial charge in [0.15, 0.2) is 5.76 Å². The van der Waals surface area contributed by atoms with Crippen molar-refractivity contribution in [3.05, 3.63) is 11.5 Å². The highest BCUT2D eigenvalue weighted by Crippen LogP contribution is 2.19. The molecule has 0 radical (unpaired) electrons. The number of carbonyl (C=O) groups is 1. The molecule has 6 heteroatoms. The van der Waals surface area contributed by atoms with Gasteiger partial charge in [-0.2, -0.15) is 0 Å². The summed E-state index contributed by atoms with van der Waals surface area (Å²) < 4.78 is 10.5. The summed E-state index contributed by atoms with van der Waals surface area (Å²) in [5.74, 6) is 0.604. The van der Waals surface area contributed by atoms with Gasteiger partial charge >= 0.3 is 6.03 Å². The SMILES string of the molecule is Cc1noc(C)c1NC(=O)N[C@@H](C)[C@@H]1CCCO1. The first-order chi connectivity index (χ1) is 8.58. The zero-order chi connectivity index (χ0) is 13.1. The predicted molar refractivity (Wildman–Crippen MR) is 66.6 cm³/mol. The number of aromatic nitrogens is 1. The molecule has 2 amide bonds. The third-order valence-corrected chi connectivity index (χ3v) is 3.15. The minimum absolute atomic E-state index is 0.00651. The van der Waals surface area contributed by atoms with Gasteiger partial charge < -0.3 is 19.9 Å². The van der Waals surface area contributed by atoms with Crippen molar-refractivity contribution in [1.29, 1.82) is 0 Å². The molecule has 1 aromatic heterocycles. The van der Waals surface area contributed by atoms with Crippen LogP contribution in [-0.4, -0.2) is 29.9 Å². The number of aryl methyl sites for hydroxylation is 2. The van der Waals surface area contributed by atoms with Crippen LogP contribution in [0.5, 0.6) is 0 Å². The second-order valence-corrected chi connectivity index (χ2v) is 4.64. The molecule has 0 unspecified atom stereocenters. The van der Waals surface area contributed by atoms with E-state index in [1.54, 1.807) is 13.8 Å². The maximum Gasteiger partial charge on any atom is 0.319 e. The van der Waals surface area contributed by atoms with Crippen LogP contribution in [0.3, 0.4) is 0 Å². The molecule has 1 aliphatic rings. The molecule has 0 bridgehead atoms. The normalized spacial score (nSPS) is 20.7. The summed E-state index contributed by atoms with van der Waals surface area (Å²) in [6, 6.07) is -0.264. The molecule has 0 aromatic carbocycles. The van der Waals surface area contributed by atoms with Crippen molar-refractivity contribution in [2.75, 3.05) is 11.9 Å². The average molecular weight is 253 g/mol. The van der Waals surface area contributed by atoms with Crippen molar-refractivity contribution in [3.63, 3.8) is 0 Å². The fourth-order valence-electron chi connectivity index (χ4n) is 2.11. The number of nitrogens with zero attached hydrogens (tertiary/aromatic N) is 1. The Morgan fingerprint density at radius 1 is 1.50 bits per heavy atom. The van der Waals surface area contributed by atoms with Gasteiger partial charge in [-0.3, -0.25) is 0 Å². The minimum Gasteiger partial charge on any atom is -0.376 e. The van der Waals surface area contributed by atoms with E-state index in [9.17, 15) is 4.79 Å². The molecule has 100 valence electrons. The van der Waals surface area contributed by atoms with Crippen LogP contribution in [0.25, 0.3) is 0 Å². The van der Waals surface area contributed by atoms with E-state index in [1.807, 2.05) is 6.92 Å². The summed E-state index contributed by atoms with van der Waals surface area (Å²) in [6.45, 7) is 6.28. The molecule has 2 N–H and O–H groups in total. The minimum atomic E-state index is -0.257. The first-order valence-corrected chi connectivity index (χ1v) is 6.20. The number of rotatable bonds is 3. The van der Waals surface area contributed by atoms with Gasteiger partial charge in [-0.15, -0.1) is 0 Å². The van der Waals surface area contributed by atoms with Crippen molar-refractivity contribution < 1.29 is 14.1 Å². The van der Waals surface area contributed by atoms with E-state index in [0.29, 0.717) is 17.1 Å². The number of hydrogen-bond acceptors (Lipinski definition) is 4. The molecule has 18 heavy (non-hydrogen) atoms. The Morgan fingerprint density at radius 3 is 2.83 bits per heavy atom. The largest absolute Gasteiger partial charge is 0.376 e. The Morgan fingerprint density at radius 2 is 2.28 bits per heavy atom. The number of hydrogen-bond donors (Lipinski definition) is 2. The molecule has 1 saturated heterocycles. The summed E-state index contributed by atoms with van der Waals surface area (Å²) >= 11 is 0. The Balaban J connectivity index is 1.88. The summed E-state index contributed by atoms with van der Waals surface area (Å²) in [5.41, 5.74) is 1.31. The number of nitrogens with one attached hydrogen (secondary N) is 2. The van der Waals surface area contributed by atoms with E-state index >= 15 is 0 Å². The molecule has 2 rings (SSSR count). The standard InChI is InChI=1S/C12H19N3O3/c1-7(10-5-4-6-17-10)13-12(16)14-11-8(2)15-18-9(11)3/h7,10H,4-6H2,1-3H3,(H2,13,14,16)/t7-,10-/m0/s1. The van der Waals surface area contributed by atoms with Gasteiger partial charge in [0.1, 0.15) is 11.4 Å². The van der Waals surface area contributed by atoms with Gasteiger partial charge in [-0.25, -0.2) is 4.79 Å². The molecule has 1 aliphatic heterocycles. The van der Waals surface area contributed by atoms with Crippen molar-refractivity contribution >= 4 is 11.7 Å². The van der Waals surface area contributed by atoms with Crippen LogP contribution < -0.4 is 10.6 Å². The predicted octanol–water partition coefficient (Wildman–Crippen LogP) is 1.98. The summed E-state index contributed by atoms with van der Waals surface area (Å²) in [6.07, 6.45) is 2.16. The number of ether oxygens (including phenoxy) is 1. The van der Waals surface area contributed by atoms with Crippen molar-refractivity contribution in [1.82, 2.24) is 10.5 Å². The third kappa shape index (κ3) is 2.81. The first-order valence-electron chi connectivity index (χ1n) is 6.20. The van der Waals surface area contributed by atoms with Crippen molar-refractivity contribution in [3.8, 4) is 0 Å². The first kappa shape index (κ1) is 12.9. The number of urea groups is 1. The topological polar surface area (TPSA) is 76.4 Å². The van der Waals surface area contributed by atoms with Gasteiger partial charge in [0.2, 0.25) is 0 Å². The Bertz CT molecular complexity index is 405. The number of carbonyl (C=O) groups excluding carboxylic acids is 1. The van der Waals surface area contributed by atoms with Crippen LogP contribution in [0.1, 0.15) is 31.2 Å². The molecule has 0 saturated carbocycles. The lowest BCUT2D eigenvalue weighted by Gasteiger charge is -2.20. The van der Waals surface area contributed by atoms with E-state index in [1.165, 1.54) is 0 Å². The van der Waals surface area contributed by atoms with E-state index in [4.69, 9.17) is 9.26 Å². The fourth-order valence-corrected chi connectivity index (χ4v) is 2.11. The van der Waals surface area contributed by atoms with Gasteiger partial charge in [-0.1, -0.05) is 5.16 Å². The van der Waals surface area contributed by atoms with Crippen LogP contribution in [0, 0.1) is 13.8 Å². The van der Waals surface area contributed by atoms with E-state index in [-0.39, 0.29) is 18.2 Å². The lowest BCUT2D eigenvalue weighted by atomic mass is 10.1. The highest BCUT2D eigenvalue weighted by molar-refractivity contribution is 5.90. The molecule has 0 spiro atoms. The highest BCUT2D eigenvalue weighted by Gasteiger charge is 2.24. The number of amides is 2. The summed E-state index contributed by atoms with van der Waals surface area (Å²) in [4.78, 5) is 11.8. The van der Waals surface area contributed by atoms with Crippen LogP contribution in [0.15, 0.2) is 4.52 Å². The Labute approximate surface area is 106 Å². The summed E-state index contributed by atoms with van der Waals surface area (Å²) in [7, 11) is 0. The maximum atomic E-state index is 11.8. The Kier molecular flexibility index (Phi) is 3.86. The second-order valence-electron chi connectivity index (χ2n) is 4.64. The summed E-state index contributed by atoms with van der Waals surface area (Å²) in [5, 5.41) is 9.40. The molecule has 2 heterocycles. The maximum absolute atomic E-state index is 11.8. The lowest BCUT2D eigenvalue weighted by molar-refractivity contribution is 0.0868. The molecule has 1 aromatic rings. The van der Waals surface area contributed by atoms with Gasteiger partial charge in [0.05, 0.1) is 12.1 Å². The zero-order valence-electron chi connectivity index (χ0n) is 10.9. The van der Waals surface area contributed by atoms with Crippen molar-refractivity contribution in [2.45, 2.75) is 45.8 Å². The van der Waals surface area contributed by atoms with E-state index < -0.39 is 0 Å².